The van der Waals surface area contributed by atoms with Crippen LogP contribution in [-0.2, 0) is 13.0 Å². The number of methoxy groups -OCH3 is 2. The third-order valence-corrected chi connectivity index (χ3v) is 5.16. The summed E-state index contributed by atoms with van der Waals surface area (Å²) in [7, 11) is 3.25. The second kappa shape index (κ2) is 7.43. The van der Waals surface area contributed by atoms with E-state index in [2.05, 4.69) is 0 Å². The first kappa shape index (κ1) is 18.2. The van der Waals surface area contributed by atoms with Crippen molar-refractivity contribution in [3.63, 3.8) is 0 Å². The quantitative estimate of drug-likeness (QED) is 0.673. The van der Waals surface area contributed by atoms with Gasteiger partial charge in [-0.25, -0.2) is 0 Å². The van der Waals surface area contributed by atoms with Gasteiger partial charge in [0.25, 0.3) is 5.91 Å². The summed E-state index contributed by atoms with van der Waals surface area (Å²) in [5, 5.41) is 0. The van der Waals surface area contributed by atoms with E-state index in [9.17, 15) is 4.79 Å². The predicted octanol–water partition coefficient (Wildman–Crippen LogP) is 4.47. The zero-order valence-electron chi connectivity index (χ0n) is 16.3. The van der Waals surface area contributed by atoms with E-state index >= 15 is 0 Å². The van der Waals surface area contributed by atoms with Crippen LogP contribution < -0.4 is 9.47 Å². The van der Waals surface area contributed by atoms with Gasteiger partial charge in [-0.15, -0.1) is 0 Å². The number of hydrogen-bond acceptors (Lipinski definition) is 4. The molecule has 0 bridgehead atoms. The highest BCUT2D eigenvalue weighted by Crippen LogP contribution is 2.34. The van der Waals surface area contributed by atoms with Gasteiger partial charge in [-0.2, -0.15) is 0 Å². The lowest BCUT2D eigenvalue weighted by atomic mass is 9.98. The molecule has 1 amide bonds. The van der Waals surface area contributed by atoms with Gasteiger partial charge in [0.05, 0.1) is 14.2 Å². The fourth-order valence-corrected chi connectivity index (χ4v) is 3.54. The first-order chi connectivity index (χ1) is 13.6. The van der Waals surface area contributed by atoms with E-state index in [1.54, 1.807) is 20.3 Å². The van der Waals surface area contributed by atoms with Crippen LogP contribution in [0.4, 0.5) is 0 Å². The maximum absolute atomic E-state index is 13.0. The molecule has 4 rings (SSSR count). The van der Waals surface area contributed by atoms with Gasteiger partial charge in [-0.1, -0.05) is 29.8 Å². The lowest BCUT2D eigenvalue weighted by Crippen LogP contribution is -2.35. The van der Waals surface area contributed by atoms with Crippen molar-refractivity contribution < 1.29 is 18.7 Å². The van der Waals surface area contributed by atoms with Crippen molar-refractivity contribution in [1.82, 2.24) is 4.90 Å². The Morgan fingerprint density at radius 1 is 0.964 bits per heavy atom. The summed E-state index contributed by atoms with van der Waals surface area (Å²) in [4.78, 5) is 14.8. The number of amides is 1. The predicted molar refractivity (Wildman–Crippen MR) is 107 cm³/mol. The van der Waals surface area contributed by atoms with Crippen LogP contribution in [0.2, 0.25) is 0 Å². The number of hydrogen-bond donors (Lipinski definition) is 0. The fourth-order valence-electron chi connectivity index (χ4n) is 3.54. The molecule has 1 aromatic heterocycles. The van der Waals surface area contributed by atoms with Gasteiger partial charge in [0.1, 0.15) is 5.76 Å². The zero-order valence-corrected chi connectivity index (χ0v) is 16.3. The highest BCUT2D eigenvalue weighted by molar-refractivity contribution is 5.92. The van der Waals surface area contributed by atoms with Crippen molar-refractivity contribution in [3.05, 3.63) is 71.0 Å². The molecule has 0 aliphatic carbocycles. The molecule has 0 saturated heterocycles. The molecule has 0 radical (unpaired) electrons. The Labute approximate surface area is 164 Å². The smallest absolute Gasteiger partial charge is 0.289 e. The SMILES string of the molecule is COc1cc2c(cc1OC)CN(C(=O)c1ccc(-c3ccc(C)cc3)o1)CC2. The molecule has 0 fully saturated rings. The number of carbonyl (C=O) groups excluding carboxylic acids is 1. The summed E-state index contributed by atoms with van der Waals surface area (Å²) in [5.74, 6) is 2.36. The summed E-state index contributed by atoms with van der Waals surface area (Å²) in [6, 6.07) is 15.6. The van der Waals surface area contributed by atoms with Gasteiger partial charge in [0.15, 0.2) is 17.3 Å². The molecule has 5 nitrogen and oxygen atoms in total. The minimum absolute atomic E-state index is 0.0983. The van der Waals surface area contributed by atoms with E-state index in [0.717, 1.165) is 23.3 Å². The summed E-state index contributed by atoms with van der Waals surface area (Å²) < 4.78 is 16.6. The number of benzene rings is 2. The maximum atomic E-state index is 13.0. The normalized spacial score (nSPS) is 13.2. The Balaban J connectivity index is 1.54. The monoisotopic (exact) mass is 377 g/mol. The van der Waals surface area contributed by atoms with E-state index in [1.807, 2.05) is 54.3 Å². The summed E-state index contributed by atoms with van der Waals surface area (Å²) in [5.41, 5.74) is 4.40. The van der Waals surface area contributed by atoms with Crippen molar-refractivity contribution >= 4 is 5.91 Å². The van der Waals surface area contributed by atoms with Crippen molar-refractivity contribution in [2.75, 3.05) is 20.8 Å². The fraction of sp³-hybridized carbons (Fsp3) is 0.261. The van der Waals surface area contributed by atoms with Crippen LogP contribution >= 0.6 is 0 Å². The lowest BCUT2D eigenvalue weighted by molar-refractivity contribution is 0.0703. The van der Waals surface area contributed by atoms with Crippen molar-refractivity contribution in [1.29, 1.82) is 0 Å². The first-order valence-electron chi connectivity index (χ1n) is 9.29. The van der Waals surface area contributed by atoms with Crippen LogP contribution in [0.3, 0.4) is 0 Å². The van der Waals surface area contributed by atoms with E-state index in [4.69, 9.17) is 13.9 Å². The van der Waals surface area contributed by atoms with Crippen LogP contribution in [0.15, 0.2) is 52.9 Å². The third-order valence-electron chi connectivity index (χ3n) is 5.16. The molecule has 0 atom stereocenters. The number of ether oxygens (including phenoxy) is 2. The van der Waals surface area contributed by atoms with Crippen molar-refractivity contribution in [2.24, 2.45) is 0 Å². The van der Waals surface area contributed by atoms with Crippen LogP contribution in [0.5, 0.6) is 11.5 Å². The summed E-state index contributed by atoms with van der Waals surface area (Å²) in [6.45, 7) is 3.20. The first-order valence-corrected chi connectivity index (χ1v) is 9.29. The molecule has 2 heterocycles. The molecule has 0 spiro atoms. The van der Waals surface area contributed by atoms with Crippen LogP contribution in [0, 0.1) is 6.92 Å². The Morgan fingerprint density at radius 3 is 2.32 bits per heavy atom. The minimum Gasteiger partial charge on any atom is -0.493 e. The van der Waals surface area contributed by atoms with E-state index in [1.165, 1.54) is 11.1 Å². The standard InChI is InChI=1S/C23H23NO4/c1-15-4-6-16(7-5-15)19-8-9-20(28-19)23(25)24-11-10-17-12-21(26-2)22(27-3)13-18(17)14-24/h4-9,12-13H,10-11,14H2,1-3H3. The molecule has 144 valence electrons. The van der Waals surface area contributed by atoms with Gasteiger partial charge >= 0.3 is 0 Å². The Bertz CT molecular complexity index is 1000. The molecule has 0 saturated carbocycles. The van der Waals surface area contributed by atoms with E-state index in [0.29, 0.717) is 30.4 Å². The number of carbonyl (C=O) groups is 1. The molecular formula is C23H23NO4. The Morgan fingerprint density at radius 2 is 1.64 bits per heavy atom. The average Bonchev–Trinajstić information content (AvgIpc) is 3.22. The highest BCUT2D eigenvalue weighted by Gasteiger charge is 2.25. The number of nitrogens with zero attached hydrogens (tertiary/aromatic N) is 1. The van der Waals surface area contributed by atoms with Gasteiger partial charge in [-0.05, 0) is 48.7 Å². The molecular weight excluding hydrogens is 354 g/mol. The number of furan rings is 1. The third kappa shape index (κ3) is 3.36. The number of aryl methyl sites for hydroxylation is 1. The van der Waals surface area contributed by atoms with Gasteiger partial charge in [-0.3, -0.25) is 4.79 Å². The lowest BCUT2D eigenvalue weighted by Gasteiger charge is -2.29. The van der Waals surface area contributed by atoms with Crippen LogP contribution in [0.1, 0.15) is 27.2 Å². The second-order valence-electron chi connectivity index (χ2n) is 6.98. The molecule has 0 N–H and O–H groups in total. The van der Waals surface area contributed by atoms with Gasteiger partial charge in [0, 0.05) is 18.7 Å². The summed E-state index contributed by atoms with van der Waals surface area (Å²) in [6.07, 6.45) is 0.771. The molecule has 1 aliphatic heterocycles. The van der Waals surface area contributed by atoms with Crippen LogP contribution in [0.25, 0.3) is 11.3 Å². The van der Waals surface area contributed by atoms with E-state index < -0.39 is 0 Å². The number of rotatable bonds is 4. The van der Waals surface area contributed by atoms with Crippen molar-refractivity contribution in [3.8, 4) is 22.8 Å². The highest BCUT2D eigenvalue weighted by atomic mass is 16.5. The molecule has 28 heavy (non-hydrogen) atoms. The maximum Gasteiger partial charge on any atom is 0.289 e. The topological polar surface area (TPSA) is 51.9 Å². The van der Waals surface area contributed by atoms with Gasteiger partial charge < -0.3 is 18.8 Å². The van der Waals surface area contributed by atoms with E-state index in [-0.39, 0.29) is 5.91 Å². The zero-order chi connectivity index (χ0) is 19.7. The molecule has 0 unspecified atom stereocenters. The molecule has 3 aromatic rings. The number of fused-ring (bicyclic) bond motifs is 1. The Hall–Kier alpha value is -3.21. The second-order valence-corrected chi connectivity index (χ2v) is 6.98. The molecule has 5 heteroatoms. The molecule has 2 aromatic carbocycles. The van der Waals surface area contributed by atoms with Crippen molar-refractivity contribution in [2.45, 2.75) is 19.9 Å². The molecule has 1 aliphatic rings. The summed E-state index contributed by atoms with van der Waals surface area (Å²) >= 11 is 0. The average molecular weight is 377 g/mol. The Kier molecular flexibility index (Phi) is 4.82. The van der Waals surface area contributed by atoms with Gasteiger partial charge in [0.2, 0.25) is 0 Å². The van der Waals surface area contributed by atoms with Crippen LogP contribution in [-0.4, -0.2) is 31.6 Å². The minimum atomic E-state index is -0.0983. The largest absolute Gasteiger partial charge is 0.493 e.